The van der Waals surface area contributed by atoms with Gasteiger partial charge >= 0.3 is 0 Å². The Hall–Kier alpha value is -0.870. The summed E-state index contributed by atoms with van der Waals surface area (Å²) in [5.41, 5.74) is 0. The molecule has 2 aliphatic rings. The van der Waals surface area contributed by atoms with Crippen molar-refractivity contribution in [2.24, 2.45) is 5.92 Å². The Balaban J connectivity index is 1.58. The van der Waals surface area contributed by atoms with Gasteiger partial charge in [-0.2, -0.15) is 0 Å². The van der Waals surface area contributed by atoms with Gasteiger partial charge in [-0.05, 0) is 44.2 Å². The maximum Gasteiger partial charge on any atom is 0.239 e. The molecule has 4 heteroatoms. The minimum atomic E-state index is 0.0501. The van der Waals surface area contributed by atoms with Crippen molar-refractivity contribution >= 4 is 17.2 Å². The third kappa shape index (κ3) is 2.91. The SMILES string of the molecule is Cc1ccc(CN(C)C(=O)C2CC3CCCCC3N2)s1. The minimum Gasteiger partial charge on any atom is -0.339 e. The predicted octanol–water partition coefficient (Wildman–Crippen LogP) is 2.94. The molecule has 1 saturated heterocycles. The van der Waals surface area contributed by atoms with Gasteiger partial charge in [-0.15, -0.1) is 11.3 Å². The maximum absolute atomic E-state index is 12.6. The summed E-state index contributed by atoms with van der Waals surface area (Å²) in [6, 6.07) is 4.90. The van der Waals surface area contributed by atoms with Crippen LogP contribution in [0.5, 0.6) is 0 Å². The molecule has 1 amide bonds. The number of thiophene rings is 1. The summed E-state index contributed by atoms with van der Waals surface area (Å²) in [5.74, 6) is 1.00. The van der Waals surface area contributed by atoms with Crippen LogP contribution in [-0.4, -0.2) is 29.9 Å². The van der Waals surface area contributed by atoms with Crippen LogP contribution in [0.25, 0.3) is 0 Å². The molecule has 110 valence electrons. The van der Waals surface area contributed by atoms with E-state index < -0.39 is 0 Å². The van der Waals surface area contributed by atoms with E-state index in [1.54, 1.807) is 11.3 Å². The third-order valence-electron chi connectivity index (χ3n) is 4.73. The summed E-state index contributed by atoms with van der Waals surface area (Å²) in [4.78, 5) is 17.0. The van der Waals surface area contributed by atoms with E-state index in [-0.39, 0.29) is 11.9 Å². The predicted molar refractivity (Wildman–Crippen MR) is 82.8 cm³/mol. The van der Waals surface area contributed by atoms with E-state index in [1.165, 1.54) is 35.4 Å². The average Bonchev–Trinajstić information content (AvgIpc) is 3.03. The first kappa shape index (κ1) is 14.1. The fourth-order valence-electron chi connectivity index (χ4n) is 3.66. The van der Waals surface area contributed by atoms with Crippen molar-refractivity contribution in [3.63, 3.8) is 0 Å². The van der Waals surface area contributed by atoms with Gasteiger partial charge in [0.2, 0.25) is 5.91 Å². The monoisotopic (exact) mass is 292 g/mol. The summed E-state index contributed by atoms with van der Waals surface area (Å²) in [5, 5.41) is 3.58. The molecule has 3 rings (SSSR count). The topological polar surface area (TPSA) is 32.3 Å². The van der Waals surface area contributed by atoms with Crippen molar-refractivity contribution in [2.45, 2.75) is 57.7 Å². The normalized spacial score (nSPS) is 29.2. The number of amides is 1. The van der Waals surface area contributed by atoms with Crippen LogP contribution in [0.15, 0.2) is 12.1 Å². The highest BCUT2D eigenvalue weighted by Gasteiger charge is 2.39. The zero-order valence-electron chi connectivity index (χ0n) is 12.4. The van der Waals surface area contributed by atoms with Crippen LogP contribution in [-0.2, 0) is 11.3 Å². The number of likely N-dealkylation sites (N-methyl/N-ethyl adjacent to an activating group) is 1. The molecule has 3 nitrogen and oxygen atoms in total. The van der Waals surface area contributed by atoms with E-state index in [1.807, 2.05) is 11.9 Å². The van der Waals surface area contributed by atoms with Gasteiger partial charge < -0.3 is 10.2 Å². The molecule has 20 heavy (non-hydrogen) atoms. The summed E-state index contributed by atoms with van der Waals surface area (Å²) < 4.78 is 0. The molecule has 0 radical (unpaired) electrons. The Labute approximate surface area is 125 Å². The summed E-state index contributed by atoms with van der Waals surface area (Å²) in [6.45, 7) is 2.85. The number of hydrogen-bond donors (Lipinski definition) is 1. The first-order valence-corrected chi connectivity index (χ1v) is 8.51. The Morgan fingerprint density at radius 1 is 1.40 bits per heavy atom. The van der Waals surface area contributed by atoms with E-state index in [0.717, 1.165) is 18.9 Å². The number of fused-ring (bicyclic) bond motifs is 1. The van der Waals surface area contributed by atoms with E-state index in [2.05, 4.69) is 24.4 Å². The molecule has 1 aliphatic heterocycles. The standard InChI is InChI=1S/C16H24N2OS/c1-11-7-8-13(20-11)10-18(2)16(19)15-9-12-5-3-4-6-14(12)17-15/h7-8,12,14-15,17H,3-6,9-10H2,1-2H3. The summed E-state index contributed by atoms with van der Waals surface area (Å²) in [7, 11) is 1.93. The highest BCUT2D eigenvalue weighted by Crippen LogP contribution is 2.33. The van der Waals surface area contributed by atoms with Crippen molar-refractivity contribution in [3.8, 4) is 0 Å². The van der Waals surface area contributed by atoms with Crippen LogP contribution in [0.1, 0.15) is 41.9 Å². The van der Waals surface area contributed by atoms with Crippen molar-refractivity contribution in [1.29, 1.82) is 0 Å². The number of nitrogens with one attached hydrogen (secondary N) is 1. The Morgan fingerprint density at radius 3 is 2.90 bits per heavy atom. The largest absolute Gasteiger partial charge is 0.339 e. The molecule has 1 N–H and O–H groups in total. The van der Waals surface area contributed by atoms with Gasteiger partial charge in [-0.3, -0.25) is 4.79 Å². The molecule has 1 aliphatic carbocycles. The van der Waals surface area contributed by atoms with Gasteiger partial charge in [-0.1, -0.05) is 12.8 Å². The van der Waals surface area contributed by atoms with Gasteiger partial charge in [0.1, 0.15) is 0 Å². The van der Waals surface area contributed by atoms with Crippen LogP contribution in [0.4, 0.5) is 0 Å². The van der Waals surface area contributed by atoms with E-state index in [0.29, 0.717) is 6.04 Å². The number of hydrogen-bond acceptors (Lipinski definition) is 3. The molecule has 3 atom stereocenters. The van der Waals surface area contributed by atoms with E-state index >= 15 is 0 Å². The number of carbonyl (C=O) groups excluding carboxylic acids is 1. The number of carbonyl (C=O) groups is 1. The van der Waals surface area contributed by atoms with Crippen molar-refractivity contribution in [3.05, 3.63) is 21.9 Å². The quantitative estimate of drug-likeness (QED) is 0.929. The van der Waals surface area contributed by atoms with Crippen molar-refractivity contribution in [2.75, 3.05) is 7.05 Å². The minimum absolute atomic E-state index is 0.0501. The highest BCUT2D eigenvalue weighted by molar-refractivity contribution is 7.11. The van der Waals surface area contributed by atoms with Crippen LogP contribution < -0.4 is 5.32 Å². The first-order valence-electron chi connectivity index (χ1n) is 7.70. The molecule has 1 aromatic heterocycles. The third-order valence-corrected chi connectivity index (χ3v) is 5.71. The van der Waals surface area contributed by atoms with Crippen LogP contribution in [0, 0.1) is 12.8 Å². The van der Waals surface area contributed by atoms with Gasteiger partial charge in [0.05, 0.1) is 12.6 Å². The lowest BCUT2D eigenvalue weighted by Gasteiger charge is -2.24. The molecular weight excluding hydrogens is 268 g/mol. The molecule has 2 heterocycles. The maximum atomic E-state index is 12.6. The summed E-state index contributed by atoms with van der Waals surface area (Å²) in [6.07, 6.45) is 6.25. The van der Waals surface area contributed by atoms with Gasteiger partial charge in [0.25, 0.3) is 0 Å². The van der Waals surface area contributed by atoms with E-state index in [9.17, 15) is 4.79 Å². The fourth-order valence-corrected chi connectivity index (χ4v) is 4.60. The van der Waals surface area contributed by atoms with E-state index in [4.69, 9.17) is 0 Å². The van der Waals surface area contributed by atoms with Crippen molar-refractivity contribution in [1.82, 2.24) is 10.2 Å². The second kappa shape index (κ2) is 5.86. The first-order chi connectivity index (χ1) is 9.63. The highest BCUT2D eigenvalue weighted by atomic mass is 32.1. The number of nitrogens with zero attached hydrogens (tertiary/aromatic N) is 1. The van der Waals surface area contributed by atoms with Crippen LogP contribution in [0.2, 0.25) is 0 Å². The van der Waals surface area contributed by atoms with Crippen molar-refractivity contribution < 1.29 is 4.79 Å². The zero-order chi connectivity index (χ0) is 14.1. The fraction of sp³-hybridized carbons (Fsp3) is 0.688. The smallest absolute Gasteiger partial charge is 0.239 e. The molecule has 0 bridgehead atoms. The summed E-state index contributed by atoms with van der Waals surface area (Å²) >= 11 is 1.78. The molecule has 1 aromatic rings. The number of aryl methyl sites for hydroxylation is 1. The number of rotatable bonds is 3. The lowest BCUT2D eigenvalue weighted by molar-refractivity contribution is -0.132. The van der Waals surface area contributed by atoms with Gasteiger partial charge in [0.15, 0.2) is 0 Å². The average molecular weight is 292 g/mol. The molecule has 1 saturated carbocycles. The van der Waals surface area contributed by atoms with Crippen LogP contribution in [0.3, 0.4) is 0 Å². The Morgan fingerprint density at radius 2 is 2.20 bits per heavy atom. The molecule has 0 aromatic carbocycles. The molecular formula is C16H24N2OS. The second-order valence-corrected chi connectivity index (χ2v) is 7.69. The Bertz CT molecular complexity index is 471. The Kier molecular flexibility index (Phi) is 4.13. The molecule has 3 unspecified atom stereocenters. The molecule has 2 fully saturated rings. The van der Waals surface area contributed by atoms with Gasteiger partial charge in [-0.25, -0.2) is 0 Å². The van der Waals surface area contributed by atoms with Gasteiger partial charge in [0, 0.05) is 22.8 Å². The zero-order valence-corrected chi connectivity index (χ0v) is 13.2. The lowest BCUT2D eigenvalue weighted by atomic mass is 9.85. The molecule has 0 spiro atoms. The lowest BCUT2D eigenvalue weighted by Crippen LogP contribution is -2.43. The van der Waals surface area contributed by atoms with Crippen LogP contribution >= 0.6 is 11.3 Å². The second-order valence-electron chi connectivity index (χ2n) is 6.31.